The zero-order valence-electron chi connectivity index (χ0n) is 18.6. The van der Waals surface area contributed by atoms with Gasteiger partial charge in [-0.1, -0.05) is 36.9 Å². The number of aromatic nitrogens is 4. The van der Waals surface area contributed by atoms with E-state index in [-0.39, 0.29) is 0 Å². The molecular formula is C26H28N4. The van der Waals surface area contributed by atoms with Crippen LogP contribution in [0.2, 0.25) is 0 Å². The highest BCUT2D eigenvalue weighted by atomic mass is 15.3. The highest BCUT2D eigenvalue weighted by Crippen LogP contribution is 2.29. The smallest absolute Gasteiger partial charge is 0.163 e. The maximum Gasteiger partial charge on any atom is 0.163 e. The minimum Gasteiger partial charge on any atom is -0.318 e. The predicted molar refractivity (Wildman–Crippen MR) is 125 cm³/mol. The standard InChI is InChI=1S/C26H28N4/c1-8-22-12-13-25(16(2)14-22)26-27-21(7)28-30(26)24-11-9-10-23(15-24)29-19(5)17(3)18(4)20(29)6/h8-15H,1H2,2-7H3. The van der Waals surface area contributed by atoms with Crippen molar-refractivity contribution in [1.29, 1.82) is 0 Å². The van der Waals surface area contributed by atoms with Gasteiger partial charge in [-0.3, -0.25) is 0 Å². The molecule has 2 aromatic carbocycles. The predicted octanol–water partition coefficient (Wildman–Crippen LogP) is 6.22. The van der Waals surface area contributed by atoms with E-state index in [4.69, 9.17) is 10.1 Å². The molecule has 2 heterocycles. The summed E-state index contributed by atoms with van der Waals surface area (Å²) in [6.07, 6.45) is 1.86. The Morgan fingerprint density at radius 2 is 1.50 bits per heavy atom. The Morgan fingerprint density at radius 1 is 0.833 bits per heavy atom. The van der Waals surface area contributed by atoms with Crippen LogP contribution in [0.25, 0.3) is 28.8 Å². The summed E-state index contributed by atoms with van der Waals surface area (Å²) in [5, 5.41) is 4.72. The molecule has 0 N–H and O–H groups in total. The molecule has 0 saturated heterocycles. The van der Waals surface area contributed by atoms with Crippen LogP contribution in [-0.2, 0) is 0 Å². The molecule has 4 heteroatoms. The lowest BCUT2D eigenvalue weighted by molar-refractivity contribution is 0.863. The summed E-state index contributed by atoms with van der Waals surface area (Å²) in [6, 6.07) is 14.8. The van der Waals surface area contributed by atoms with Gasteiger partial charge in [0.1, 0.15) is 5.82 Å². The molecule has 0 aliphatic rings. The summed E-state index contributed by atoms with van der Waals surface area (Å²) in [4.78, 5) is 4.75. The van der Waals surface area contributed by atoms with E-state index in [2.05, 4.69) is 88.2 Å². The van der Waals surface area contributed by atoms with Gasteiger partial charge < -0.3 is 4.57 Å². The van der Waals surface area contributed by atoms with Crippen molar-refractivity contribution >= 4 is 6.08 Å². The fourth-order valence-electron chi connectivity index (χ4n) is 4.11. The van der Waals surface area contributed by atoms with Gasteiger partial charge in [0.05, 0.1) is 5.69 Å². The summed E-state index contributed by atoms with van der Waals surface area (Å²) in [7, 11) is 0. The molecule has 0 saturated carbocycles. The van der Waals surface area contributed by atoms with Crippen LogP contribution in [0.5, 0.6) is 0 Å². The monoisotopic (exact) mass is 396 g/mol. The van der Waals surface area contributed by atoms with Crippen molar-refractivity contribution in [2.75, 3.05) is 0 Å². The largest absolute Gasteiger partial charge is 0.318 e. The SMILES string of the molecule is C=Cc1ccc(-c2nc(C)nn2-c2cccc(-n3c(C)c(C)c(C)c3C)c2)c(C)c1. The van der Waals surface area contributed by atoms with E-state index in [1.807, 2.05) is 17.7 Å². The molecule has 0 bridgehead atoms. The molecule has 0 atom stereocenters. The summed E-state index contributed by atoms with van der Waals surface area (Å²) < 4.78 is 4.27. The molecule has 0 unspecified atom stereocenters. The summed E-state index contributed by atoms with van der Waals surface area (Å²) >= 11 is 0. The van der Waals surface area contributed by atoms with E-state index in [9.17, 15) is 0 Å². The first kappa shape index (κ1) is 19.9. The van der Waals surface area contributed by atoms with Crippen LogP contribution < -0.4 is 0 Å². The molecule has 2 aromatic heterocycles. The Bertz CT molecular complexity index is 1250. The van der Waals surface area contributed by atoms with Crippen LogP contribution >= 0.6 is 0 Å². The highest BCUT2D eigenvalue weighted by molar-refractivity contribution is 5.66. The van der Waals surface area contributed by atoms with Crippen LogP contribution in [0.15, 0.2) is 49.0 Å². The first-order valence-electron chi connectivity index (χ1n) is 10.2. The maximum absolute atomic E-state index is 4.75. The van der Waals surface area contributed by atoms with Gasteiger partial charge in [-0.2, -0.15) is 5.10 Å². The lowest BCUT2D eigenvalue weighted by Crippen LogP contribution is -2.04. The van der Waals surface area contributed by atoms with Crippen molar-refractivity contribution in [1.82, 2.24) is 19.3 Å². The van der Waals surface area contributed by atoms with Gasteiger partial charge in [0.15, 0.2) is 5.82 Å². The molecule has 152 valence electrons. The van der Waals surface area contributed by atoms with Crippen molar-refractivity contribution in [3.8, 4) is 22.8 Å². The number of benzene rings is 2. The molecule has 0 fully saturated rings. The molecule has 4 rings (SSSR count). The Hall–Kier alpha value is -3.40. The Morgan fingerprint density at radius 3 is 2.13 bits per heavy atom. The molecular weight excluding hydrogens is 368 g/mol. The second kappa shape index (κ2) is 7.45. The van der Waals surface area contributed by atoms with E-state index < -0.39 is 0 Å². The van der Waals surface area contributed by atoms with Gasteiger partial charge in [0.25, 0.3) is 0 Å². The van der Waals surface area contributed by atoms with Crippen molar-refractivity contribution in [3.63, 3.8) is 0 Å². The van der Waals surface area contributed by atoms with Gasteiger partial charge in [-0.15, -0.1) is 0 Å². The van der Waals surface area contributed by atoms with Gasteiger partial charge in [-0.25, -0.2) is 9.67 Å². The van der Waals surface area contributed by atoms with E-state index >= 15 is 0 Å². The molecule has 0 amide bonds. The molecule has 30 heavy (non-hydrogen) atoms. The first-order chi connectivity index (χ1) is 14.3. The Kier molecular flexibility index (Phi) is 4.94. The van der Waals surface area contributed by atoms with E-state index in [0.717, 1.165) is 39.7 Å². The Balaban J connectivity index is 1.87. The normalized spacial score (nSPS) is 11.1. The van der Waals surface area contributed by atoms with Gasteiger partial charge in [0.2, 0.25) is 0 Å². The van der Waals surface area contributed by atoms with Gasteiger partial charge >= 0.3 is 0 Å². The summed E-state index contributed by atoms with van der Waals surface area (Å²) in [6.45, 7) is 16.6. The molecule has 0 aliphatic carbocycles. The van der Waals surface area contributed by atoms with E-state index in [1.165, 1.54) is 22.5 Å². The topological polar surface area (TPSA) is 35.6 Å². The van der Waals surface area contributed by atoms with Crippen LogP contribution in [-0.4, -0.2) is 19.3 Å². The zero-order chi connectivity index (χ0) is 21.6. The summed E-state index contributed by atoms with van der Waals surface area (Å²) in [5.74, 6) is 1.61. The van der Waals surface area contributed by atoms with Crippen molar-refractivity contribution in [2.45, 2.75) is 41.5 Å². The van der Waals surface area contributed by atoms with Crippen molar-refractivity contribution in [2.24, 2.45) is 0 Å². The number of hydrogen-bond donors (Lipinski definition) is 0. The van der Waals surface area contributed by atoms with Crippen LogP contribution in [0.4, 0.5) is 0 Å². The molecule has 0 radical (unpaired) electrons. The van der Waals surface area contributed by atoms with Crippen LogP contribution in [0, 0.1) is 41.5 Å². The minimum atomic E-state index is 0.752. The molecule has 4 aromatic rings. The number of hydrogen-bond acceptors (Lipinski definition) is 2. The minimum absolute atomic E-state index is 0.752. The number of rotatable bonds is 4. The second-order valence-corrected chi connectivity index (χ2v) is 7.95. The van der Waals surface area contributed by atoms with E-state index in [0.29, 0.717) is 0 Å². The first-order valence-corrected chi connectivity index (χ1v) is 10.2. The number of nitrogens with zero attached hydrogens (tertiary/aromatic N) is 4. The molecule has 4 nitrogen and oxygen atoms in total. The quantitative estimate of drug-likeness (QED) is 0.410. The van der Waals surface area contributed by atoms with Gasteiger partial charge in [-0.05, 0) is 82.0 Å². The number of aryl methyl sites for hydroxylation is 2. The second-order valence-electron chi connectivity index (χ2n) is 7.95. The lowest BCUT2D eigenvalue weighted by atomic mass is 10.0. The average molecular weight is 397 g/mol. The third-order valence-electron chi connectivity index (χ3n) is 6.09. The maximum atomic E-state index is 4.75. The van der Waals surface area contributed by atoms with Gasteiger partial charge in [0, 0.05) is 22.6 Å². The lowest BCUT2D eigenvalue weighted by Gasteiger charge is -2.13. The molecule has 0 spiro atoms. The van der Waals surface area contributed by atoms with E-state index in [1.54, 1.807) is 0 Å². The average Bonchev–Trinajstić information content (AvgIpc) is 3.21. The highest BCUT2D eigenvalue weighted by Gasteiger charge is 2.16. The fraction of sp³-hybridized carbons (Fsp3) is 0.231. The van der Waals surface area contributed by atoms with Crippen LogP contribution in [0.1, 0.15) is 39.5 Å². The molecule has 0 aliphatic heterocycles. The van der Waals surface area contributed by atoms with Crippen molar-refractivity contribution in [3.05, 3.63) is 88.5 Å². The summed E-state index contributed by atoms with van der Waals surface area (Å²) in [5.41, 5.74) is 10.7. The zero-order valence-corrected chi connectivity index (χ0v) is 18.6. The fourth-order valence-corrected chi connectivity index (χ4v) is 4.11. The third kappa shape index (κ3) is 3.18. The van der Waals surface area contributed by atoms with Crippen molar-refractivity contribution < 1.29 is 0 Å². The Labute approximate surface area is 178 Å². The third-order valence-corrected chi connectivity index (χ3v) is 6.09. The van der Waals surface area contributed by atoms with Crippen LogP contribution in [0.3, 0.4) is 0 Å².